The summed E-state index contributed by atoms with van der Waals surface area (Å²) < 4.78 is 3.50. The van der Waals surface area contributed by atoms with E-state index in [-0.39, 0.29) is 0 Å². The zero-order chi connectivity index (χ0) is 9.73. The number of nitrogens with one attached hydrogen (secondary N) is 1. The van der Waals surface area contributed by atoms with Gasteiger partial charge in [-0.3, -0.25) is 9.71 Å². The zero-order valence-corrected chi connectivity index (χ0v) is 9.74. The van der Waals surface area contributed by atoms with E-state index in [0.29, 0.717) is 0 Å². The van der Waals surface area contributed by atoms with E-state index in [0.717, 1.165) is 11.6 Å². The van der Waals surface area contributed by atoms with Crippen molar-refractivity contribution < 1.29 is 0 Å². The molecule has 1 aromatic rings. The van der Waals surface area contributed by atoms with Crippen LogP contribution in [0.15, 0.2) is 24.5 Å². The van der Waals surface area contributed by atoms with Crippen molar-refractivity contribution in [1.82, 2.24) is 9.71 Å². The molecule has 74 valence electrons. The quantitative estimate of drug-likeness (QED) is 0.753. The Morgan fingerprint density at radius 3 is 2.54 bits per heavy atom. The molecule has 0 bridgehead atoms. The second-order valence-electron chi connectivity index (χ2n) is 3.34. The molecule has 0 amide bonds. The number of nitrogens with zero attached hydrogens (tertiary/aromatic N) is 1. The minimum atomic E-state index is -0.724. The SMILES string of the molecule is CS(C)(CS)NCc1ccncc1. The Hall–Kier alpha value is -0.190. The van der Waals surface area contributed by atoms with E-state index < -0.39 is 10.2 Å². The first-order valence-corrected chi connectivity index (χ1v) is 7.34. The van der Waals surface area contributed by atoms with Gasteiger partial charge in [-0.2, -0.15) is 22.8 Å². The summed E-state index contributed by atoms with van der Waals surface area (Å²) in [5.41, 5.74) is 1.28. The van der Waals surface area contributed by atoms with Crippen LogP contribution in [0.1, 0.15) is 5.56 Å². The summed E-state index contributed by atoms with van der Waals surface area (Å²) in [5.74, 6) is 0. The average Bonchev–Trinajstić information content (AvgIpc) is 2.17. The summed E-state index contributed by atoms with van der Waals surface area (Å²) in [4.78, 5) is 3.97. The number of thiol groups is 1. The van der Waals surface area contributed by atoms with Gasteiger partial charge in [-0.05, 0) is 30.2 Å². The lowest BCUT2D eigenvalue weighted by atomic mass is 10.3. The highest BCUT2D eigenvalue weighted by atomic mass is 32.3. The third-order valence-electron chi connectivity index (χ3n) is 1.74. The van der Waals surface area contributed by atoms with Crippen LogP contribution in [-0.4, -0.2) is 22.6 Å². The summed E-state index contributed by atoms with van der Waals surface area (Å²) >= 11 is 4.31. The first-order valence-electron chi connectivity index (χ1n) is 4.09. The minimum absolute atomic E-state index is 0.724. The third-order valence-corrected chi connectivity index (χ3v) is 5.25. The Bertz CT molecular complexity index is 249. The van der Waals surface area contributed by atoms with Gasteiger partial charge in [0.1, 0.15) is 0 Å². The van der Waals surface area contributed by atoms with Crippen molar-refractivity contribution in [1.29, 1.82) is 0 Å². The van der Waals surface area contributed by atoms with Crippen LogP contribution in [0, 0.1) is 0 Å². The van der Waals surface area contributed by atoms with Gasteiger partial charge in [-0.1, -0.05) is 0 Å². The molecule has 0 aliphatic rings. The molecule has 2 nitrogen and oxygen atoms in total. The molecular weight excluding hydrogens is 200 g/mol. The van der Waals surface area contributed by atoms with Crippen LogP contribution < -0.4 is 4.72 Å². The van der Waals surface area contributed by atoms with E-state index in [2.05, 4.69) is 34.8 Å². The van der Waals surface area contributed by atoms with Crippen molar-refractivity contribution in [3.05, 3.63) is 30.1 Å². The molecule has 13 heavy (non-hydrogen) atoms. The topological polar surface area (TPSA) is 24.9 Å². The van der Waals surface area contributed by atoms with Gasteiger partial charge in [0.2, 0.25) is 0 Å². The van der Waals surface area contributed by atoms with E-state index in [1.807, 2.05) is 24.5 Å². The van der Waals surface area contributed by atoms with Crippen molar-refractivity contribution in [2.75, 3.05) is 17.6 Å². The zero-order valence-electron chi connectivity index (χ0n) is 8.03. The monoisotopic (exact) mass is 216 g/mol. The Morgan fingerprint density at radius 1 is 1.38 bits per heavy atom. The summed E-state index contributed by atoms with van der Waals surface area (Å²) in [7, 11) is -0.724. The van der Waals surface area contributed by atoms with Crippen LogP contribution in [0.2, 0.25) is 0 Å². The van der Waals surface area contributed by atoms with Crippen LogP contribution in [0.4, 0.5) is 0 Å². The molecule has 0 saturated carbocycles. The molecule has 0 aliphatic carbocycles. The van der Waals surface area contributed by atoms with E-state index in [1.54, 1.807) is 0 Å². The van der Waals surface area contributed by atoms with Crippen molar-refractivity contribution >= 4 is 22.8 Å². The van der Waals surface area contributed by atoms with Gasteiger partial charge >= 0.3 is 0 Å². The van der Waals surface area contributed by atoms with Crippen LogP contribution in [0.25, 0.3) is 0 Å². The van der Waals surface area contributed by atoms with Crippen LogP contribution in [0.3, 0.4) is 0 Å². The lowest BCUT2D eigenvalue weighted by molar-refractivity contribution is 0.958. The van der Waals surface area contributed by atoms with Crippen molar-refractivity contribution in [3.8, 4) is 0 Å². The number of aromatic nitrogens is 1. The normalized spacial score (nSPS) is 12.8. The predicted octanol–water partition coefficient (Wildman–Crippen LogP) is 2.04. The second-order valence-corrected chi connectivity index (χ2v) is 7.74. The van der Waals surface area contributed by atoms with Crippen molar-refractivity contribution in [3.63, 3.8) is 0 Å². The van der Waals surface area contributed by atoms with E-state index in [9.17, 15) is 0 Å². The largest absolute Gasteiger partial charge is 0.276 e. The van der Waals surface area contributed by atoms with Crippen molar-refractivity contribution in [2.24, 2.45) is 0 Å². The lowest BCUT2D eigenvalue weighted by Crippen LogP contribution is -2.19. The molecule has 4 heteroatoms. The fraction of sp³-hybridized carbons (Fsp3) is 0.444. The molecule has 0 aromatic carbocycles. The molecular formula is C9H16N2S2. The standard InChI is InChI=1S/C9H16N2S2/c1-13(2,8-12)11-7-9-3-5-10-6-4-9/h3-6,11-12H,7-8H2,1-2H3. The Kier molecular flexibility index (Phi) is 4.09. The molecule has 0 spiro atoms. The van der Waals surface area contributed by atoms with Crippen LogP contribution >= 0.6 is 22.8 Å². The average molecular weight is 216 g/mol. The fourth-order valence-corrected chi connectivity index (χ4v) is 1.75. The molecule has 0 fully saturated rings. The molecule has 1 N–H and O–H groups in total. The highest BCUT2D eigenvalue weighted by Gasteiger charge is 2.07. The van der Waals surface area contributed by atoms with E-state index in [1.165, 1.54) is 5.56 Å². The Balaban J connectivity index is 2.44. The van der Waals surface area contributed by atoms with Crippen molar-refractivity contribution in [2.45, 2.75) is 6.54 Å². The molecule has 0 aliphatic heterocycles. The molecule has 1 heterocycles. The molecule has 0 unspecified atom stereocenters. The first-order chi connectivity index (χ1) is 6.14. The van der Waals surface area contributed by atoms with Gasteiger partial charge in [0.25, 0.3) is 0 Å². The number of pyridine rings is 1. The number of rotatable bonds is 4. The van der Waals surface area contributed by atoms with Gasteiger partial charge in [0, 0.05) is 24.0 Å². The van der Waals surface area contributed by atoms with Gasteiger partial charge in [0.05, 0.1) is 0 Å². The Morgan fingerprint density at radius 2 is 2.00 bits per heavy atom. The molecule has 1 aromatic heterocycles. The van der Waals surface area contributed by atoms with E-state index >= 15 is 0 Å². The molecule has 1 rings (SSSR count). The fourth-order valence-electron chi connectivity index (χ4n) is 0.825. The highest BCUT2D eigenvalue weighted by molar-refractivity contribution is 8.35. The number of hydrogen-bond donors (Lipinski definition) is 2. The summed E-state index contributed by atoms with van der Waals surface area (Å²) in [6.45, 7) is 0.908. The maximum Gasteiger partial charge on any atom is 0.0314 e. The van der Waals surface area contributed by atoms with Gasteiger partial charge in [-0.15, -0.1) is 0 Å². The maximum atomic E-state index is 4.31. The minimum Gasteiger partial charge on any atom is -0.276 e. The van der Waals surface area contributed by atoms with Gasteiger partial charge in [-0.25, -0.2) is 0 Å². The predicted molar refractivity (Wildman–Crippen MR) is 64.4 cm³/mol. The van der Waals surface area contributed by atoms with Gasteiger partial charge in [0.15, 0.2) is 0 Å². The molecule has 0 saturated heterocycles. The third kappa shape index (κ3) is 4.02. The van der Waals surface area contributed by atoms with Gasteiger partial charge < -0.3 is 0 Å². The van der Waals surface area contributed by atoms with Crippen LogP contribution in [0.5, 0.6) is 0 Å². The summed E-state index contributed by atoms with van der Waals surface area (Å²) in [6, 6.07) is 4.06. The highest BCUT2D eigenvalue weighted by Crippen LogP contribution is 2.35. The maximum absolute atomic E-state index is 4.31. The summed E-state index contributed by atoms with van der Waals surface area (Å²) in [5, 5.41) is 0.915. The Labute approximate surface area is 87.0 Å². The molecule has 0 radical (unpaired) electrons. The number of hydrogen-bond acceptors (Lipinski definition) is 3. The van der Waals surface area contributed by atoms with E-state index in [4.69, 9.17) is 0 Å². The summed E-state index contributed by atoms with van der Waals surface area (Å²) in [6.07, 6.45) is 8.09. The smallest absolute Gasteiger partial charge is 0.0314 e. The first kappa shape index (κ1) is 10.9. The molecule has 0 atom stereocenters. The van der Waals surface area contributed by atoms with Crippen LogP contribution in [-0.2, 0) is 6.54 Å². The lowest BCUT2D eigenvalue weighted by Gasteiger charge is -2.30. The second kappa shape index (κ2) is 4.88.